The van der Waals surface area contributed by atoms with Crippen LogP contribution in [0.4, 0.5) is 0 Å². The molecule has 0 aliphatic carbocycles. The molecule has 0 bridgehead atoms. The molecule has 12 heavy (non-hydrogen) atoms. The first-order chi connectivity index (χ1) is 5.81. The second-order valence-electron chi connectivity index (χ2n) is 3.31. The third-order valence-corrected chi connectivity index (χ3v) is 3.01. The van der Waals surface area contributed by atoms with Crippen LogP contribution < -0.4 is 5.32 Å². The summed E-state index contributed by atoms with van der Waals surface area (Å²) in [4.78, 5) is 0. The second-order valence-corrected chi connectivity index (χ2v) is 4.59. The van der Waals surface area contributed by atoms with E-state index in [-0.39, 0.29) is 0 Å². The summed E-state index contributed by atoms with van der Waals surface area (Å²) in [5.41, 5.74) is 0. The highest BCUT2D eigenvalue weighted by Crippen LogP contribution is 2.02. The van der Waals surface area contributed by atoms with Crippen LogP contribution in [-0.4, -0.2) is 24.6 Å². The molecule has 1 nitrogen and oxygen atoms in total. The van der Waals surface area contributed by atoms with Crippen LogP contribution in [0.3, 0.4) is 0 Å². The van der Waals surface area contributed by atoms with Crippen molar-refractivity contribution in [1.29, 1.82) is 0 Å². The van der Waals surface area contributed by atoms with Crippen molar-refractivity contribution in [3.63, 3.8) is 0 Å². The molecule has 1 N–H and O–H groups in total. The third kappa shape index (κ3) is 8.41. The largest absolute Gasteiger partial charge is 0.316 e. The molecule has 0 radical (unpaired) electrons. The maximum absolute atomic E-state index is 3.47. The molecule has 74 valence electrons. The Morgan fingerprint density at radius 3 is 2.58 bits per heavy atom. The van der Waals surface area contributed by atoms with Crippen molar-refractivity contribution in [2.24, 2.45) is 0 Å². The van der Waals surface area contributed by atoms with Gasteiger partial charge in [-0.15, -0.1) is 0 Å². The van der Waals surface area contributed by atoms with E-state index in [0.717, 1.165) is 11.8 Å². The van der Waals surface area contributed by atoms with E-state index in [4.69, 9.17) is 0 Å². The molecule has 2 heteroatoms. The number of unbranched alkanes of at least 4 members (excludes halogenated alkanes) is 3. The molecule has 0 aromatic heterocycles. The Morgan fingerprint density at radius 2 is 2.00 bits per heavy atom. The Hall–Kier alpha value is 0.310. The fourth-order valence-electron chi connectivity index (χ4n) is 1.07. The van der Waals surface area contributed by atoms with Crippen LogP contribution in [0.25, 0.3) is 0 Å². The smallest absolute Gasteiger partial charge is 0.0141 e. The van der Waals surface area contributed by atoms with Gasteiger partial charge in [0.25, 0.3) is 0 Å². The highest BCUT2D eigenvalue weighted by molar-refractivity contribution is 7.99. The zero-order chi connectivity index (χ0) is 9.23. The molecule has 0 heterocycles. The zero-order valence-electron chi connectivity index (χ0n) is 8.73. The van der Waals surface area contributed by atoms with Gasteiger partial charge in [-0.05, 0) is 19.2 Å². The summed E-state index contributed by atoms with van der Waals surface area (Å²) in [6, 6.07) is 0. The number of nitrogens with one attached hydrogen (secondary N) is 1. The van der Waals surface area contributed by atoms with Gasteiger partial charge in [0.2, 0.25) is 0 Å². The molecular formula is C10H23NS. The lowest BCUT2D eigenvalue weighted by atomic mass is 10.2. The van der Waals surface area contributed by atoms with Crippen LogP contribution in [0, 0.1) is 0 Å². The number of thioether (sulfide) groups is 1. The molecule has 0 amide bonds. The topological polar surface area (TPSA) is 12.0 Å². The lowest BCUT2D eigenvalue weighted by molar-refractivity contribution is 0.598. The summed E-state index contributed by atoms with van der Waals surface area (Å²) in [6.45, 7) is 6.88. The molecule has 0 aromatic rings. The standard InChI is InChI=1S/C10H23NS/c1-4-5-6-7-8-11-9-10(2)12-3/h10-11H,4-9H2,1-3H3. The first-order valence-electron chi connectivity index (χ1n) is 5.04. The van der Waals surface area contributed by atoms with Crippen LogP contribution in [0.1, 0.15) is 39.5 Å². The first kappa shape index (κ1) is 12.3. The molecule has 1 unspecified atom stereocenters. The summed E-state index contributed by atoms with van der Waals surface area (Å²) in [5, 5.41) is 4.23. The van der Waals surface area contributed by atoms with Crippen molar-refractivity contribution in [2.45, 2.75) is 44.8 Å². The molecule has 0 aliphatic heterocycles. The Kier molecular flexibility index (Phi) is 9.64. The second kappa shape index (κ2) is 9.40. The van der Waals surface area contributed by atoms with E-state index in [9.17, 15) is 0 Å². The van der Waals surface area contributed by atoms with Crippen LogP contribution in [0.15, 0.2) is 0 Å². The third-order valence-electron chi connectivity index (χ3n) is 2.04. The van der Waals surface area contributed by atoms with Gasteiger partial charge in [0.05, 0.1) is 0 Å². The van der Waals surface area contributed by atoms with Gasteiger partial charge in [-0.3, -0.25) is 0 Å². The minimum absolute atomic E-state index is 0.760. The molecule has 1 atom stereocenters. The molecule has 0 aromatic carbocycles. The van der Waals surface area contributed by atoms with Gasteiger partial charge < -0.3 is 5.32 Å². The van der Waals surface area contributed by atoms with Gasteiger partial charge in [0.1, 0.15) is 0 Å². The van der Waals surface area contributed by atoms with Crippen molar-refractivity contribution in [3.8, 4) is 0 Å². The SMILES string of the molecule is CCCCCCNCC(C)SC. The summed E-state index contributed by atoms with van der Waals surface area (Å²) < 4.78 is 0. The minimum atomic E-state index is 0.760. The van der Waals surface area contributed by atoms with Crippen molar-refractivity contribution in [3.05, 3.63) is 0 Å². The molecule has 0 spiro atoms. The van der Waals surface area contributed by atoms with Crippen LogP contribution in [0.5, 0.6) is 0 Å². The Bertz CT molecular complexity index is 85.9. The molecule has 0 saturated heterocycles. The predicted octanol–water partition coefficient (Wildman–Crippen LogP) is 2.91. The van der Waals surface area contributed by atoms with Crippen LogP contribution >= 0.6 is 11.8 Å². The zero-order valence-corrected chi connectivity index (χ0v) is 9.54. The van der Waals surface area contributed by atoms with Gasteiger partial charge in [-0.2, -0.15) is 11.8 Å². The van der Waals surface area contributed by atoms with Crippen molar-refractivity contribution in [1.82, 2.24) is 5.32 Å². The fourth-order valence-corrected chi connectivity index (χ4v) is 1.35. The summed E-state index contributed by atoms with van der Waals surface area (Å²) >= 11 is 1.93. The van der Waals surface area contributed by atoms with E-state index in [1.165, 1.54) is 32.2 Å². The van der Waals surface area contributed by atoms with Crippen molar-refractivity contribution in [2.75, 3.05) is 19.3 Å². The number of rotatable bonds is 8. The van der Waals surface area contributed by atoms with Crippen LogP contribution in [-0.2, 0) is 0 Å². The normalized spacial score (nSPS) is 13.2. The Labute approximate surface area is 81.7 Å². The van der Waals surface area contributed by atoms with E-state index < -0.39 is 0 Å². The maximum atomic E-state index is 3.47. The maximum Gasteiger partial charge on any atom is 0.0141 e. The Morgan fingerprint density at radius 1 is 1.25 bits per heavy atom. The molecule has 0 fully saturated rings. The van der Waals surface area contributed by atoms with E-state index in [0.29, 0.717) is 0 Å². The minimum Gasteiger partial charge on any atom is -0.316 e. The average molecular weight is 189 g/mol. The number of hydrogen-bond acceptors (Lipinski definition) is 2. The highest BCUT2D eigenvalue weighted by Gasteiger charge is 1.96. The van der Waals surface area contributed by atoms with E-state index in [1.807, 2.05) is 11.8 Å². The summed E-state index contributed by atoms with van der Waals surface area (Å²) in [5.74, 6) is 0. The quantitative estimate of drug-likeness (QED) is 0.589. The van der Waals surface area contributed by atoms with Crippen molar-refractivity contribution < 1.29 is 0 Å². The summed E-state index contributed by atoms with van der Waals surface area (Å²) in [7, 11) is 0. The van der Waals surface area contributed by atoms with Crippen LogP contribution in [0.2, 0.25) is 0 Å². The fraction of sp³-hybridized carbons (Fsp3) is 1.00. The predicted molar refractivity (Wildman–Crippen MR) is 60.0 cm³/mol. The van der Waals surface area contributed by atoms with E-state index in [1.54, 1.807) is 0 Å². The first-order valence-corrected chi connectivity index (χ1v) is 6.33. The van der Waals surface area contributed by atoms with Gasteiger partial charge in [0.15, 0.2) is 0 Å². The van der Waals surface area contributed by atoms with Gasteiger partial charge >= 0.3 is 0 Å². The number of hydrogen-bond donors (Lipinski definition) is 1. The molecular weight excluding hydrogens is 166 g/mol. The van der Waals surface area contributed by atoms with Gasteiger partial charge in [0, 0.05) is 11.8 Å². The van der Waals surface area contributed by atoms with Gasteiger partial charge in [-0.25, -0.2) is 0 Å². The van der Waals surface area contributed by atoms with E-state index >= 15 is 0 Å². The monoisotopic (exact) mass is 189 g/mol. The lowest BCUT2D eigenvalue weighted by Gasteiger charge is -2.08. The molecule has 0 rings (SSSR count). The molecule has 0 aliphatic rings. The van der Waals surface area contributed by atoms with Crippen molar-refractivity contribution >= 4 is 11.8 Å². The summed E-state index contributed by atoms with van der Waals surface area (Å²) in [6.07, 6.45) is 7.62. The average Bonchev–Trinajstić information content (AvgIpc) is 2.10. The molecule has 0 saturated carbocycles. The lowest BCUT2D eigenvalue weighted by Crippen LogP contribution is -2.23. The van der Waals surface area contributed by atoms with Gasteiger partial charge in [-0.1, -0.05) is 33.1 Å². The highest BCUT2D eigenvalue weighted by atomic mass is 32.2. The Balaban J connectivity index is 2.90. The van der Waals surface area contributed by atoms with E-state index in [2.05, 4.69) is 25.4 Å².